The third kappa shape index (κ3) is 3.39. The second-order valence-corrected chi connectivity index (χ2v) is 4.92. The molecule has 0 saturated heterocycles. The minimum Gasteiger partial charge on any atom is -0.313 e. The van der Waals surface area contributed by atoms with E-state index in [1.807, 2.05) is 20.0 Å². The van der Waals surface area contributed by atoms with E-state index in [0.717, 1.165) is 35.4 Å². The fraction of sp³-hybridized carbons (Fsp3) is 0.375. The van der Waals surface area contributed by atoms with E-state index in [2.05, 4.69) is 28.5 Å². The van der Waals surface area contributed by atoms with Gasteiger partial charge in [-0.25, -0.2) is 4.39 Å². The second kappa shape index (κ2) is 6.57. The molecule has 0 amide bonds. The average molecular weight is 273 g/mol. The maximum Gasteiger partial charge on any atom is 0.123 e. The van der Waals surface area contributed by atoms with E-state index in [-0.39, 0.29) is 11.9 Å². The number of benzene rings is 1. The summed E-state index contributed by atoms with van der Waals surface area (Å²) in [6, 6.07) is 8.91. The Kier molecular flexibility index (Phi) is 4.79. The average Bonchev–Trinajstić information content (AvgIpc) is 2.45. The molecule has 0 bridgehead atoms. The number of hydrogen-bond donors (Lipinski definition) is 1. The van der Waals surface area contributed by atoms with Crippen molar-refractivity contribution in [3.05, 3.63) is 58.7 Å². The van der Waals surface area contributed by atoms with Gasteiger partial charge >= 0.3 is 0 Å². The van der Waals surface area contributed by atoms with Crippen molar-refractivity contribution in [1.82, 2.24) is 15.5 Å². The minimum atomic E-state index is -0.197. The largest absolute Gasteiger partial charge is 0.313 e. The van der Waals surface area contributed by atoms with E-state index in [9.17, 15) is 4.39 Å². The van der Waals surface area contributed by atoms with Crippen LogP contribution in [0.15, 0.2) is 30.3 Å². The predicted molar refractivity (Wildman–Crippen MR) is 78.1 cm³/mol. The summed E-state index contributed by atoms with van der Waals surface area (Å²) in [5, 5.41) is 11.7. The summed E-state index contributed by atoms with van der Waals surface area (Å²) in [5.41, 5.74) is 4.01. The number of nitrogens with one attached hydrogen (secondary N) is 1. The van der Waals surface area contributed by atoms with Crippen LogP contribution in [-0.4, -0.2) is 17.2 Å². The maximum absolute atomic E-state index is 13.3. The number of likely N-dealkylation sites (N-methyl/N-ethyl adjacent to an activating group) is 1. The van der Waals surface area contributed by atoms with Crippen LogP contribution in [0.2, 0.25) is 0 Å². The zero-order valence-electron chi connectivity index (χ0n) is 12.2. The van der Waals surface area contributed by atoms with Gasteiger partial charge in [-0.3, -0.25) is 0 Å². The molecule has 1 aromatic carbocycles. The molecule has 0 aliphatic heterocycles. The molecule has 4 heteroatoms. The molecule has 1 atom stereocenters. The fourth-order valence-corrected chi connectivity index (χ4v) is 2.38. The monoisotopic (exact) mass is 273 g/mol. The fourth-order valence-electron chi connectivity index (χ4n) is 2.38. The van der Waals surface area contributed by atoms with E-state index in [0.29, 0.717) is 0 Å². The number of rotatable bonds is 5. The van der Waals surface area contributed by atoms with Crippen LogP contribution in [0.4, 0.5) is 4.39 Å². The first-order chi connectivity index (χ1) is 9.63. The zero-order chi connectivity index (χ0) is 14.5. The molecule has 2 aromatic rings. The lowest BCUT2D eigenvalue weighted by molar-refractivity contribution is 0.573. The normalized spacial score (nSPS) is 12.4. The van der Waals surface area contributed by atoms with Crippen LogP contribution in [0.5, 0.6) is 0 Å². The topological polar surface area (TPSA) is 37.8 Å². The first-order valence-electron chi connectivity index (χ1n) is 6.88. The van der Waals surface area contributed by atoms with Crippen LogP contribution < -0.4 is 5.32 Å². The molecule has 106 valence electrons. The molecule has 1 N–H and O–H groups in total. The van der Waals surface area contributed by atoms with Gasteiger partial charge in [0.05, 0.1) is 11.4 Å². The zero-order valence-corrected chi connectivity index (χ0v) is 12.2. The molecule has 2 rings (SSSR count). The smallest absolute Gasteiger partial charge is 0.123 e. The van der Waals surface area contributed by atoms with Crippen molar-refractivity contribution in [3.8, 4) is 0 Å². The summed E-state index contributed by atoms with van der Waals surface area (Å²) in [7, 11) is 1.92. The summed E-state index contributed by atoms with van der Waals surface area (Å²) in [6.07, 6.45) is 1.57. The molecule has 0 saturated carbocycles. The number of hydrogen-bond acceptors (Lipinski definition) is 3. The Morgan fingerprint density at radius 2 is 2.05 bits per heavy atom. The molecule has 0 spiro atoms. The van der Waals surface area contributed by atoms with Gasteiger partial charge < -0.3 is 5.32 Å². The van der Waals surface area contributed by atoms with Crippen molar-refractivity contribution < 1.29 is 4.39 Å². The lowest BCUT2D eigenvalue weighted by Gasteiger charge is -2.19. The molecule has 0 aliphatic carbocycles. The Morgan fingerprint density at radius 3 is 2.70 bits per heavy atom. The minimum absolute atomic E-state index is 0.112. The van der Waals surface area contributed by atoms with E-state index < -0.39 is 0 Å². The molecule has 0 fully saturated rings. The molecular weight excluding hydrogens is 253 g/mol. The van der Waals surface area contributed by atoms with Crippen molar-refractivity contribution >= 4 is 0 Å². The summed E-state index contributed by atoms with van der Waals surface area (Å²) >= 11 is 0. The first-order valence-corrected chi connectivity index (χ1v) is 6.88. The SMILES string of the molecule is CCc1nnc(C)cc1C(Cc1cccc(F)c1)NC. The van der Waals surface area contributed by atoms with Crippen LogP contribution in [-0.2, 0) is 12.8 Å². The Bertz CT molecular complexity index is 584. The molecule has 1 unspecified atom stereocenters. The van der Waals surface area contributed by atoms with Crippen molar-refractivity contribution in [2.45, 2.75) is 32.7 Å². The second-order valence-electron chi connectivity index (χ2n) is 4.92. The van der Waals surface area contributed by atoms with Crippen LogP contribution >= 0.6 is 0 Å². The highest BCUT2D eigenvalue weighted by molar-refractivity contribution is 5.28. The highest BCUT2D eigenvalue weighted by Crippen LogP contribution is 2.22. The Balaban J connectivity index is 2.30. The van der Waals surface area contributed by atoms with E-state index in [1.54, 1.807) is 12.1 Å². The Morgan fingerprint density at radius 1 is 1.25 bits per heavy atom. The van der Waals surface area contributed by atoms with E-state index in [4.69, 9.17) is 0 Å². The molecule has 0 aliphatic rings. The van der Waals surface area contributed by atoms with Gasteiger partial charge in [0.1, 0.15) is 5.82 Å². The first kappa shape index (κ1) is 14.6. The van der Waals surface area contributed by atoms with Crippen molar-refractivity contribution in [2.24, 2.45) is 0 Å². The van der Waals surface area contributed by atoms with E-state index in [1.165, 1.54) is 6.07 Å². The van der Waals surface area contributed by atoms with Crippen molar-refractivity contribution in [1.29, 1.82) is 0 Å². The van der Waals surface area contributed by atoms with Gasteiger partial charge in [0, 0.05) is 6.04 Å². The molecule has 1 heterocycles. The quantitative estimate of drug-likeness (QED) is 0.910. The standard InChI is InChI=1S/C16H20FN3/c1-4-15-14(8-11(2)19-20-15)16(18-3)10-12-6-5-7-13(17)9-12/h5-9,16,18H,4,10H2,1-3H3. The Hall–Kier alpha value is -1.81. The molecule has 0 radical (unpaired) electrons. The van der Waals surface area contributed by atoms with Crippen LogP contribution in [0.25, 0.3) is 0 Å². The third-order valence-electron chi connectivity index (χ3n) is 3.41. The number of nitrogens with zero attached hydrogens (tertiary/aromatic N) is 2. The van der Waals surface area contributed by atoms with Gasteiger partial charge in [-0.05, 0) is 56.1 Å². The van der Waals surface area contributed by atoms with Crippen molar-refractivity contribution in [3.63, 3.8) is 0 Å². The predicted octanol–water partition coefficient (Wildman–Crippen LogP) is 2.99. The lowest BCUT2D eigenvalue weighted by Crippen LogP contribution is -2.21. The van der Waals surface area contributed by atoms with Crippen LogP contribution in [0.1, 0.15) is 35.5 Å². The molecule has 3 nitrogen and oxygen atoms in total. The van der Waals surface area contributed by atoms with Crippen LogP contribution in [0.3, 0.4) is 0 Å². The third-order valence-corrected chi connectivity index (χ3v) is 3.41. The maximum atomic E-state index is 13.3. The number of aromatic nitrogens is 2. The van der Waals surface area contributed by atoms with Gasteiger partial charge in [-0.1, -0.05) is 19.1 Å². The van der Waals surface area contributed by atoms with Crippen molar-refractivity contribution in [2.75, 3.05) is 7.05 Å². The molecule has 20 heavy (non-hydrogen) atoms. The van der Waals surface area contributed by atoms with E-state index >= 15 is 0 Å². The number of aryl methyl sites for hydroxylation is 2. The summed E-state index contributed by atoms with van der Waals surface area (Å²) < 4.78 is 13.3. The molecular formula is C16H20FN3. The lowest BCUT2D eigenvalue weighted by atomic mass is 9.96. The van der Waals surface area contributed by atoms with Gasteiger partial charge in [-0.2, -0.15) is 10.2 Å². The Labute approximate surface area is 119 Å². The van der Waals surface area contributed by atoms with Gasteiger partial charge in [0.2, 0.25) is 0 Å². The molecule has 1 aromatic heterocycles. The van der Waals surface area contributed by atoms with Crippen LogP contribution in [0, 0.1) is 12.7 Å². The summed E-state index contributed by atoms with van der Waals surface area (Å²) in [4.78, 5) is 0. The highest BCUT2D eigenvalue weighted by Gasteiger charge is 2.15. The van der Waals surface area contributed by atoms with Gasteiger partial charge in [0.25, 0.3) is 0 Å². The number of halogens is 1. The van der Waals surface area contributed by atoms with Gasteiger partial charge in [0.15, 0.2) is 0 Å². The highest BCUT2D eigenvalue weighted by atomic mass is 19.1. The summed E-state index contributed by atoms with van der Waals surface area (Å²) in [6.45, 7) is 4.00. The van der Waals surface area contributed by atoms with Gasteiger partial charge in [-0.15, -0.1) is 0 Å². The summed E-state index contributed by atoms with van der Waals surface area (Å²) in [5.74, 6) is -0.197.